The molecule has 5 N–H and O–H groups in total. The second-order valence-corrected chi connectivity index (χ2v) is 9.16. The molecule has 202 valence electrons. The largest absolute Gasteiger partial charge is 0.508 e. The van der Waals surface area contributed by atoms with Gasteiger partial charge in [-0.2, -0.15) is 0 Å². The average Bonchev–Trinajstić information content (AvgIpc) is 2.87. The number of unbranched alkanes of at least 4 members (excludes halogenated alkanes) is 4. The number of aliphatic hydroxyl groups excluding tert-OH is 3. The van der Waals surface area contributed by atoms with E-state index in [9.17, 15) is 30.3 Å². The zero-order valence-electron chi connectivity index (χ0n) is 20.9. The van der Waals surface area contributed by atoms with Crippen LogP contribution in [0.15, 0.2) is 42.5 Å². The monoisotopic (exact) mass is 516 g/mol. The van der Waals surface area contributed by atoms with Crippen LogP contribution in [0.2, 0.25) is 0 Å². The summed E-state index contributed by atoms with van der Waals surface area (Å²) < 4.78 is 16.6. The second kappa shape index (κ2) is 14.0. The third-order valence-electron chi connectivity index (χ3n) is 6.09. The van der Waals surface area contributed by atoms with Gasteiger partial charge >= 0.3 is 5.97 Å². The predicted molar refractivity (Wildman–Crippen MR) is 137 cm³/mol. The summed E-state index contributed by atoms with van der Waals surface area (Å²) in [5.41, 5.74) is 1.41. The van der Waals surface area contributed by atoms with Crippen LogP contribution < -0.4 is 4.74 Å². The summed E-state index contributed by atoms with van der Waals surface area (Å²) in [6.07, 6.45) is 1.52. The first kappa shape index (κ1) is 28.5. The maximum absolute atomic E-state index is 12.0. The Hall–Kier alpha value is -3.11. The maximum atomic E-state index is 12.0. The van der Waals surface area contributed by atoms with Crippen LogP contribution >= 0.6 is 0 Å². The first-order valence-electron chi connectivity index (χ1n) is 12.6. The van der Waals surface area contributed by atoms with E-state index in [1.807, 2.05) is 0 Å². The molecule has 9 heteroatoms. The minimum atomic E-state index is -1.59. The smallest absolute Gasteiger partial charge is 0.305 e. The molecule has 37 heavy (non-hydrogen) atoms. The minimum Gasteiger partial charge on any atom is -0.508 e. The molecule has 0 aliphatic carbocycles. The Morgan fingerprint density at radius 2 is 1.57 bits per heavy atom. The zero-order chi connectivity index (χ0) is 26.8. The molecule has 0 radical (unpaired) electrons. The Bertz CT molecular complexity index is 1020. The van der Waals surface area contributed by atoms with E-state index in [0.29, 0.717) is 12.0 Å². The quantitative estimate of drug-likeness (QED) is 0.163. The molecular weight excluding hydrogens is 480 g/mol. The third kappa shape index (κ3) is 8.75. The first-order valence-corrected chi connectivity index (χ1v) is 12.6. The molecule has 3 rings (SSSR count). The SMILES string of the molecule is CCCCCCCC(=O)OCC1OC(Oc2cc(O)cc(C=Cc3ccc(O)cc3)c2)C(O)C(O)C1O. The Balaban J connectivity index is 1.60. The fourth-order valence-electron chi connectivity index (χ4n) is 3.95. The Morgan fingerprint density at radius 3 is 2.30 bits per heavy atom. The van der Waals surface area contributed by atoms with Crippen LogP contribution in [0.4, 0.5) is 0 Å². The minimum absolute atomic E-state index is 0.0989. The molecule has 0 aromatic heterocycles. The Labute approximate surface area is 216 Å². The normalized spacial score (nSPS) is 23.7. The van der Waals surface area contributed by atoms with Crippen molar-refractivity contribution in [3.05, 3.63) is 53.6 Å². The third-order valence-corrected chi connectivity index (χ3v) is 6.09. The predicted octanol–water partition coefficient (Wildman–Crippen LogP) is 3.36. The van der Waals surface area contributed by atoms with Crippen LogP contribution in [-0.2, 0) is 14.3 Å². The molecule has 2 aromatic rings. The van der Waals surface area contributed by atoms with Gasteiger partial charge in [-0.1, -0.05) is 56.9 Å². The molecule has 1 fully saturated rings. The number of hydrogen-bond acceptors (Lipinski definition) is 9. The van der Waals surface area contributed by atoms with E-state index in [1.54, 1.807) is 42.5 Å². The number of rotatable bonds is 12. The van der Waals surface area contributed by atoms with Gasteiger partial charge in [-0.05, 0) is 41.8 Å². The zero-order valence-corrected chi connectivity index (χ0v) is 20.9. The number of carbonyl (C=O) groups is 1. The van der Waals surface area contributed by atoms with Gasteiger partial charge in [0.1, 0.15) is 48.3 Å². The standard InChI is InChI=1S/C28H36O9/c1-2-3-4-5-6-7-24(31)35-17-23-25(32)26(33)27(34)28(37-23)36-22-15-19(14-21(30)16-22)9-8-18-10-12-20(29)13-11-18/h8-16,23,25-30,32-34H,2-7,17H2,1H3. The fourth-order valence-corrected chi connectivity index (χ4v) is 3.95. The average molecular weight is 517 g/mol. The van der Waals surface area contributed by atoms with Gasteiger partial charge in [0.25, 0.3) is 0 Å². The van der Waals surface area contributed by atoms with Gasteiger partial charge < -0.3 is 39.7 Å². The van der Waals surface area contributed by atoms with Gasteiger partial charge in [0.2, 0.25) is 6.29 Å². The molecule has 0 spiro atoms. The van der Waals surface area contributed by atoms with E-state index in [0.717, 1.165) is 31.2 Å². The molecule has 1 aliphatic heterocycles. The number of esters is 1. The van der Waals surface area contributed by atoms with Gasteiger partial charge in [0.05, 0.1) is 0 Å². The number of carbonyl (C=O) groups excluding carboxylic acids is 1. The van der Waals surface area contributed by atoms with Crippen LogP contribution in [0.5, 0.6) is 17.2 Å². The van der Waals surface area contributed by atoms with E-state index < -0.39 is 36.7 Å². The number of phenolic OH excluding ortho intramolecular Hbond substituents is 2. The fraction of sp³-hybridized carbons (Fsp3) is 0.464. The van der Waals surface area contributed by atoms with Crippen molar-refractivity contribution in [3.63, 3.8) is 0 Å². The highest BCUT2D eigenvalue weighted by molar-refractivity contribution is 5.71. The Kier molecular flexibility index (Phi) is 10.8. The molecule has 1 heterocycles. The van der Waals surface area contributed by atoms with E-state index in [-0.39, 0.29) is 30.3 Å². The van der Waals surface area contributed by atoms with Crippen molar-refractivity contribution in [2.24, 2.45) is 0 Å². The lowest BCUT2D eigenvalue weighted by Gasteiger charge is -2.39. The van der Waals surface area contributed by atoms with E-state index in [2.05, 4.69) is 6.92 Å². The summed E-state index contributed by atoms with van der Waals surface area (Å²) >= 11 is 0. The molecule has 9 nitrogen and oxygen atoms in total. The van der Waals surface area contributed by atoms with Crippen molar-refractivity contribution in [1.82, 2.24) is 0 Å². The summed E-state index contributed by atoms with van der Waals surface area (Å²) in [6, 6.07) is 11.0. The molecule has 0 saturated carbocycles. The summed E-state index contributed by atoms with van der Waals surface area (Å²) in [5, 5.41) is 50.6. The second-order valence-electron chi connectivity index (χ2n) is 9.16. The molecule has 2 aromatic carbocycles. The molecule has 5 atom stereocenters. The Morgan fingerprint density at radius 1 is 0.865 bits per heavy atom. The van der Waals surface area contributed by atoms with Crippen LogP contribution in [0.3, 0.4) is 0 Å². The first-order chi connectivity index (χ1) is 17.8. The highest BCUT2D eigenvalue weighted by atomic mass is 16.7. The summed E-state index contributed by atoms with van der Waals surface area (Å²) in [5.74, 6) is -0.221. The maximum Gasteiger partial charge on any atom is 0.305 e. The van der Waals surface area contributed by atoms with Crippen LogP contribution in [0.25, 0.3) is 12.2 Å². The molecule has 0 amide bonds. The summed E-state index contributed by atoms with van der Waals surface area (Å²) in [7, 11) is 0. The number of aromatic hydroxyl groups is 2. The van der Waals surface area contributed by atoms with Crippen molar-refractivity contribution in [3.8, 4) is 17.2 Å². The van der Waals surface area contributed by atoms with Crippen molar-refractivity contribution in [1.29, 1.82) is 0 Å². The van der Waals surface area contributed by atoms with Crippen molar-refractivity contribution < 1.29 is 44.5 Å². The topological polar surface area (TPSA) is 146 Å². The number of hydrogen-bond donors (Lipinski definition) is 5. The van der Waals surface area contributed by atoms with Gasteiger partial charge in [-0.25, -0.2) is 0 Å². The van der Waals surface area contributed by atoms with Gasteiger partial charge in [-0.3, -0.25) is 4.79 Å². The number of phenols is 2. The van der Waals surface area contributed by atoms with Crippen LogP contribution in [-0.4, -0.2) is 68.8 Å². The van der Waals surface area contributed by atoms with Gasteiger partial charge in [-0.15, -0.1) is 0 Å². The van der Waals surface area contributed by atoms with Gasteiger partial charge in [0.15, 0.2) is 0 Å². The van der Waals surface area contributed by atoms with E-state index >= 15 is 0 Å². The number of aliphatic hydroxyl groups is 3. The molecule has 1 aliphatic rings. The van der Waals surface area contributed by atoms with Crippen LogP contribution in [0, 0.1) is 0 Å². The summed E-state index contributed by atoms with van der Waals surface area (Å²) in [6.45, 7) is 1.81. The highest BCUT2D eigenvalue weighted by Crippen LogP contribution is 2.28. The van der Waals surface area contributed by atoms with Crippen molar-refractivity contribution in [2.75, 3.05) is 6.61 Å². The molecule has 0 bridgehead atoms. The number of ether oxygens (including phenoxy) is 3. The van der Waals surface area contributed by atoms with E-state index in [4.69, 9.17) is 14.2 Å². The molecular formula is C28H36O9. The van der Waals surface area contributed by atoms with Crippen molar-refractivity contribution >= 4 is 18.1 Å². The van der Waals surface area contributed by atoms with Crippen LogP contribution in [0.1, 0.15) is 56.6 Å². The van der Waals surface area contributed by atoms with E-state index in [1.165, 1.54) is 12.1 Å². The molecule has 1 saturated heterocycles. The van der Waals surface area contributed by atoms with Crippen molar-refractivity contribution in [2.45, 2.75) is 76.2 Å². The lowest BCUT2D eigenvalue weighted by atomic mass is 9.99. The highest BCUT2D eigenvalue weighted by Gasteiger charge is 2.45. The summed E-state index contributed by atoms with van der Waals surface area (Å²) in [4.78, 5) is 12.0. The molecule has 5 unspecified atom stereocenters. The lowest BCUT2D eigenvalue weighted by molar-refractivity contribution is -0.278. The van der Waals surface area contributed by atoms with Gasteiger partial charge in [0, 0.05) is 12.5 Å². The lowest BCUT2D eigenvalue weighted by Crippen LogP contribution is -2.60. The number of benzene rings is 2.